The van der Waals surface area contributed by atoms with Crippen molar-refractivity contribution in [1.82, 2.24) is 9.80 Å². The molecule has 2 bridgehead atoms. The van der Waals surface area contributed by atoms with Crippen LogP contribution in [0.1, 0.15) is 45.1 Å². The molecular formula is C31H42ClN3O5. The number of nitrogens with zero attached hydrogens (tertiary/aromatic N) is 3. The monoisotopic (exact) mass is 571 g/mol. The Morgan fingerprint density at radius 3 is 2.52 bits per heavy atom. The first kappa shape index (κ1) is 30.3. The van der Waals surface area contributed by atoms with Crippen molar-refractivity contribution < 1.29 is 24.2 Å². The zero-order chi connectivity index (χ0) is 29.4. The molecular weight excluding hydrogens is 530 g/mol. The highest BCUT2D eigenvalue weighted by Crippen LogP contribution is 2.65. The predicted molar refractivity (Wildman–Crippen MR) is 156 cm³/mol. The second-order valence-electron chi connectivity index (χ2n) is 11.7. The number of aliphatic hydroxyl groups is 1. The van der Waals surface area contributed by atoms with Gasteiger partial charge in [0.2, 0.25) is 11.8 Å². The molecule has 3 saturated heterocycles. The van der Waals surface area contributed by atoms with Gasteiger partial charge in [-0.2, -0.15) is 0 Å². The Hall–Kier alpha value is -2.68. The molecule has 0 aromatic heterocycles. The number of hydrogen-bond acceptors (Lipinski definition) is 5. The number of para-hydroxylation sites is 1. The number of aryl methyl sites for hydroxylation is 1. The third-order valence-corrected chi connectivity index (χ3v) is 9.49. The number of likely N-dealkylation sites (N-methyl/N-ethyl adjacent to an activating group) is 1. The van der Waals surface area contributed by atoms with Gasteiger partial charge in [0.05, 0.1) is 28.1 Å². The Morgan fingerprint density at radius 1 is 1.20 bits per heavy atom. The quantitative estimate of drug-likeness (QED) is 0.303. The zero-order valence-electron chi connectivity index (χ0n) is 24.1. The average molecular weight is 572 g/mol. The van der Waals surface area contributed by atoms with Crippen LogP contribution >= 0.6 is 11.6 Å². The third kappa shape index (κ3) is 4.68. The number of amides is 3. The molecule has 9 heteroatoms. The van der Waals surface area contributed by atoms with Crippen LogP contribution in [0.2, 0.25) is 5.02 Å². The Kier molecular flexibility index (Phi) is 8.83. The Labute approximate surface area is 242 Å². The standard InChI is InChI=1S/C31H42ClN3O5/c1-7-15-33(6)27(37)23-24-28(38)35(17-10-9-11-18-36)26(31(24)19-21(4)30(23,5)40-31)29(39)34(16-8-2)25-20(3)13-12-14-22(25)32/h7-8,12-14,21,23-24,26,36H,1-2,9-11,15-19H2,3-6H3/t21?,23-,24+,26?,30+,31?/m1/s1. The fraction of sp³-hybridized carbons (Fsp3) is 0.581. The molecule has 40 heavy (non-hydrogen) atoms. The summed E-state index contributed by atoms with van der Waals surface area (Å²) in [7, 11) is 1.71. The number of likely N-dealkylation sites (tertiary alicyclic amines) is 1. The highest BCUT2D eigenvalue weighted by Gasteiger charge is 2.80. The summed E-state index contributed by atoms with van der Waals surface area (Å²) in [6.07, 6.45) is 5.72. The predicted octanol–water partition coefficient (Wildman–Crippen LogP) is 3.99. The molecule has 3 aliphatic rings. The lowest BCUT2D eigenvalue weighted by Gasteiger charge is -2.38. The van der Waals surface area contributed by atoms with E-state index in [9.17, 15) is 19.5 Å². The van der Waals surface area contributed by atoms with Gasteiger partial charge < -0.3 is 24.5 Å². The minimum Gasteiger partial charge on any atom is -0.396 e. The number of ether oxygens (including phenoxy) is 1. The van der Waals surface area contributed by atoms with Crippen LogP contribution in [0.15, 0.2) is 43.5 Å². The van der Waals surface area contributed by atoms with Crippen molar-refractivity contribution in [2.24, 2.45) is 17.8 Å². The van der Waals surface area contributed by atoms with E-state index in [-0.39, 0.29) is 36.8 Å². The summed E-state index contributed by atoms with van der Waals surface area (Å²) in [5.41, 5.74) is -0.639. The molecule has 3 amide bonds. The minimum atomic E-state index is -1.15. The lowest BCUT2D eigenvalue weighted by atomic mass is 9.62. The molecule has 1 aromatic carbocycles. The van der Waals surface area contributed by atoms with Crippen LogP contribution in [0.25, 0.3) is 0 Å². The van der Waals surface area contributed by atoms with Crippen LogP contribution in [-0.4, -0.2) is 83.2 Å². The maximum atomic E-state index is 14.7. The molecule has 3 fully saturated rings. The fourth-order valence-electron chi connectivity index (χ4n) is 7.26. The van der Waals surface area contributed by atoms with E-state index in [1.54, 1.807) is 40.0 Å². The van der Waals surface area contributed by atoms with E-state index < -0.39 is 29.1 Å². The lowest BCUT2D eigenvalue weighted by molar-refractivity contribution is -0.150. The molecule has 4 rings (SSSR count). The number of benzene rings is 1. The molecule has 1 aromatic rings. The first-order valence-corrected chi connectivity index (χ1v) is 14.5. The topological polar surface area (TPSA) is 90.4 Å². The van der Waals surface area contributed by atoms with Crippen molar-refractivity contribution >= 4 is 35.0 Å². The molecule has 3 aliphatic heterocycles. The number of unbranched alkanes of at least 4 members (excludes halogenated alkanes) is 2. The van der Waals surface area contributed by atoms with Crippen molar-refractivity contribution in [3.63, 3.8) is 0 Å². The molecule has 218 valence electrons. The molecule has 6 atom stereocenters. The number of aliphatic hydroxyl groups excluding tert-OH is 1. The summed E-state index contributed by atoms with van der Waals surface area (Å²) in [4.78, 5) is 47.7. The number of anilines is 1. The van der Waals surface area contributed by atoms with Crippen LogP contribution in [-0.2, 0) is 19.1 Å². The second kappa shape index (κ2) is 11.7. The summed E-state index contributed by atoms with van der Waals surface area (Å²) < 4.78 is 6.85. The number of rotatable bonds is 12. The van der Waals surface area contributed by atoms with E-state index in [1.807, 2.05) is 32.9 Å². The third-order valence-electron chi connectivity index (χ3n) is 9.19. The summed E-state index contributed by atoms with van der Waals surface area (Å²) >= 11 is 6.63. The summed E-state index contributed by atoms with van der Waals surface area (Å²) in [5.74, 6) is -2.25. The van der Waals surface area contributed by atoms with E-state index in [2.05, 4.69) is 13.2 Å². The van der Waals surface area contributed by atoms with Gasteiger partial charge in [-0.05, 0) is 57.1 Å². The van der Waals surface area contributed by atoms with Gasteiger partial charge in [-0.15, -0.1) is 13.2 Å². The van der Waals surface area contributed by atoms with Gasteiger partial charge in [0, 0.05) is 33.3 Å². The highest BCUT2D eigenvalue weighted by atomic mass is 35.5. The number of fused-ring (bicyclic) bond motifs is 1. The molecule has 3 unspecified atom stereocenters. The van der Waals surface area contributed by atoms with Crippen molar-refractivity contribution in [2.75, 3.05) is 38.2 Å². The van der Waals surface area contributed by atoms with Crippen molar-refractivity contribution in [2.45, 2.75) is 63.7 Å². The molecule has 8 nitrogen and oxygen atoms in total. The normalized spacial score (nSPS) is 30.4. The van der Waals surface area contributed by atoms with Gasteiger partial charge in [0.15, 0.2) is 0 Å². The first-order valence-electron chi connectivity index (χ1n) is 14.1. The SMILES string of the molecule is C=CCN(C)C(=O)[C@H]1[C@H]2C(=O)N(CCCCCO)C(C(=O)N(CC=C)c3c(C)cccc3Cl)C23CC(C)[C@]1(C)O3. The number of carbonyl (C=O) groups excluding carboxylic acids is 3. The fourth-order valence-corrected chi connectivity index (χ4v) is 7.58. The highest BCUT2D eigenvalue weighted by molar-refractivity contribution is 6.34. The molecule has 1 spiro atoms. The minimum absolute atomic E-state index is 0.0535. The van der Waals surface area contributed by atoms with E-state index >= 15 is 0 Å². The number of hydrogen-bond donors (Lipinski definition) is 1. The van der Waals surface area contributed by atoms with Crippen LogP contribution in [0.4, 0.5) is 5.69 Å². The molecule has 0 saturated carbocycles. The zero-order valence-corrected chi connectivity index (χ0v) is 24.8. The average Bonchev–Trinajstić information content (AvgIpc) is 3.42. The first-order chi connectivity index (χ1) is 19.0. The maximum Gasteiger partial charge on any atom is 0.253 e. The van der Waals surface area contributed by atoms with Gasteiger partial charge in [0.25, 0.3) is 5.91 Å². The van der Waals surface area contributed by atoms with E-state index in [4.69, 9.17) is 16.3 Å². The van der Waals surface area contributed by atoms with Crippen molar-refractivity contribution in [1.29, 1.82) is 0 Å². The van der Waals surface area contributed by atoms with Crippen LogP contribution in [0.3, 0.4) is 0 Å². The maximum absolute atomic E-state index is 14.7. The van der Waals surface area contributed by atoms with Crippen LogP contribution in [0, 0.1) is 24.7 Å². The Morgan fingerprint density at radius 2 is 1.90 bits per heavy atom. The molecule has 0 aliphatic carbocycles. The van der Waals surface area contributed by atoms with Gasteiger partial charge in [-0.1, -0.05) is 42.8 Å². The van der Waals surface area contributed by atoms with E-state index in [0.717, 1.165) is 5.56 Å². The lowest BCUT2D eigenvalue weighted by Crippen LogP contribution is -2.57. The Balaban J connectivity index is 1.83. The smallest absolute Gasteiger partial charge is 0.253 e. The summed E-state index contributed by atoms with van der Waals surface area (Å²) in [6.45, 7) is 14.4. The number of halogens is 1. The van der Waals surface area contributed by atoms with Gasteiger partial charge >= 0.3 is 0 Å². The molecule has 1 N–H and O–H groups in total. The van der Waals surface area contributed by atoms with Gasteiger partial charge in [-0.25, -0.2) is 0 Å². The van der Waals surface area contributed by atoms with Gasteiger partial charge in [-0.3, -0.25) is 14.4 Å². The van der Waals surface area contributed by atoms with E-state index in [0.29, 0.717) is 49.5 Å². The van der Waals surface area contributed by atoms with Crippen LogP contribution in [0.5, 0.6) is 0 Å². The second-order valence-corrected chi connectivity index (χ2v) is 12.1. The summed E-state index contributed by atoms with van der Waals surface area (Å²) in [6, 6.07) is 4.54. The van der Waals surface area contributed by atoms with Crippen LogP contribution < -0.4 is 4.90 Å². The molecule has 0 radical (unpaired) electrons. The van der Waals surface area contributed by atoms with Gasteiger partial charge in [0.1, 0.15) is 11.6 Å². The summed E-state index contributed by atoms with van der Waals surface area (Å²) in [5, 5.41) is 9.72. The van der Waals surface area contributed by atoms with Crippen molar-refractivity contribution in [3.05, 3.63) is 54.1 Å². The van der Waals surface area contributed by atoms with Crippen molar-refractivity contribution in [3.8, 4) is 0 Å². The molecule has 3 heterocycles. The number of carbonyl (C=O) groups is 3. The van der Waals surface area contributed by atoms with E-state index in [1.165, 1.54) is 0 Å². The largest absolute Gasteiger partial charge is 0.396 e. The Bertz CT molecular complexity index is 1170.